The van der Waals surface area contributed by atoms with Crippen molar-refractivity contribution in [3.05, 3.63) is 75.7 Å². The minimum Gasteiger partial charge on any atom is -0.494 e. The molecular formula is C25H31N5O5. The van der Waals surface area contributed by atoms with Gasteiger partial charge in [-0.3, -0.25) is 4.79 Å². The smallest absolute Gasteiger partial charge is 0.251 e. The highest BCUT2D eigenvalue weighted by Crippen LogP contribution is 2.29. The second kappa shape index (κ2) is 13.3. The summed E-state index contributed by atoms with van der Waals surface area (Å²) in [5.74, 6) is 0.826. The van der Waals surface area contributed by atoms with Crippen molar-refractivity contribution >= 4 is 11.8 Å². The summed E-state index contributed by atoms with van der Waals surface area (Å²) in [6.07, 6.45) is 1.54. The number of methoxy groups -OCH3 is 1. The van der Waals surface area contributed by atoms with Gasteiger partial charge in [0.05, 0.1) is 13.2 Å². The molecule has 0 unspecified atom stereocenters. The van der Waals surface area contributed by atoms with E-state index in [9.17, 15) is 4.79 Å². The van der Waals surface area contributed by atoms with Gasteiger partial charge in [-0.2, -0.15) is 0 Å². The maximum atomic E-state index is 13.4. The van der Waals surface area contributed by atoms with Gasteiger partial charge in [-0.15, -0.1) is 0 Å². The zero-order chi connectivity index (χ0) is 24.9. The number of nitrogens with one attached hydrogen (secondary N) is 1. The summed E-state index contributed by atoms with van der Waals surface area (Å²) in [5.41, 5.74) is 10.0. The van der Waals surface area contributed by atoms with Crippen LogP contribution in [-0.4, -0.2) is 62.5 Å². The molecule has 3 rings (SSSR count). The van der Waals surface area contributed by atoms with Crippen LogP contribution in [0.15, 0.2) is 58.6 Å². The lowest BCUT2D eigenvalue weighted by Gasteiger charge is -2.24. The normalized spacial score (nSPS) is 16.7. The third-order valence-corrected chi connectivity index (χ3v) is 5.57. The summed E-state index contributed by atoms with van der Waals surface area (Å²) < 4.78 is 16.6. The number of amides is 1. The molecule has 1 amide bonds. The summed E-state index contributed by atoms with van der Waals surface area (Å²) >= 11 is 0. The highest BCUT2D eigenvalue weighted by atomic mass is 16.5. The molecule has 1 aliphatic rings. The van der Waals surface area contributed by atoms with Crippen LogP contribution in [0.4, 0.5) is 0 Å². The van der Waals surface area contributed by atoms with Crippen molar-refractivity contribution in [2.24, 2.45) is 10.1 Å². The molecule has 186 valence electrons. The van der Waals surface area contributed by atoms with Crippen molar-refractivity contribution in [1.82, 2.24) is 5.32 Å². The van der Waals surface area contributed by atoms with Crippen LogP contribution < -0.4 is 10.1 Å². The standard InChI is InChI=1S/C25H31N5O5/c1-33-14-4-12-27-24(32)25(16-20-6-2-3-7-21(20)17-28-30-26)18-35-23(29-25)19-8-10-22(11-9-19)34-15-5-13-31/h2-3,6-11,31H,4-5,12-18H2,1H3,(H,27,32)/t25-/m1/s1. The Morgan fingerprint density at radius 1 is 1.20 bits per heavy atom. The predicted molar refractivity (Wildman–Crippen MR) is 131 cm³/mol. The quantitative estimate of drug-likeness (QED) is 0.185. The molecule has 35 heavy (non-hydrogen) atoms. The van der Waals surface area contributed by atoms with Crippen molar-refractivity contribution in [3.8, 4) is 5.75 Å². The molecule has 10 heteroatoms. The molecule has 0 spiro atoms. The summed E-state index contributed by atoms with van der Waals surface area (Å²) in [7, 11) is 1.62. The summed E-state index contributed by atoms with van der Waals surface area (Å²) in [6, 6.07) is 14.8. The molecule has 2 N–H and O–H groups in total. The fourth-order valence-electron chi connectivity index (χ4n) is 3.72. The van der Waals surface area contributed by atoms with E-state index in [1.54, 1.807) is 19.2 Å². The van der Waals surface area contributed by atoms with Gasteiger partial charge in [-0.05, 0) is 47.3 Å². The van der Waals surface area contributed by atoms with E-state index in [0.717, 1.165) is 16.7 Å². The third-order valence-electron chi connectivity index (χ3n) is 5.57. The number of aliphatic hydroxyl groups is 1. The average molecular weight is 482 g/mol. The van der Waals surface area contributed by atoms with E-state index in [0.29, 0.717) is 50.7 Å². The van der Waals surface area contributed by atoms with Crippen LogP contribution in [0.5, 0.6) is 5.75 Å². The van der Waals surface area contributed by atoms with Crippen molar-refractivity contribution < 1.29 is 24.1 Å². The largest absolute Gasteiger partial charge is 0.494 e. The first-order valence-electron chi connectivity index (χ1n) is 11.5. The highest BCUT2D eigenvalue weighted by molar-refractivity contribution is 6.00. The summed E-state index contributed by atoms with van der Waals surface area (Å²) in [6.45, 7) is 1.77. The number of carbonyl (C=O) groups is 1. The molecule has 0 aliphatic carbocycles. The first-order chi connectivity index (χ1) is 17.1. The van der Waals surface area contributed by atoms with Crippen LogP contribution in [0.3, 0.4) is 0 Å². The molecule has 0 fully saturated rings. The van der Waals surface area contributed by atoms with Gasteiger partial charge in [-0.25, -0.2) is 4.99 Å². The first kappa shape index (κ1) is 26.0. The molecule has 10 nitrogen and oxygen atoms in total. The highest BCUT2D eigenvalue weighted by Gasteiger charge is 2.44. The van der Waals surface area contributed by atoms with E-state index in [4.69, 9.17) is 29.8 Å². The zero-order valence-corrected chi connectivity index (χ0v) is 19.9. The Balaban J connectivity index is 1.85. The lowest BCUT2D eigenvalue weighted by molar-refractivity contribution is -0.126. The topological polar surface area (TPSA) is 138 Å². The number of ether oxygens (including phenoxy) is 3. The lowest BCUT2D eigenvalue weighted by Crippen LogP contribution is -2.49. The SMILES string of the molecule is COCCCNC(=O)[C@@]1(Cc2ccccc2CN=[N+]=[N-])COC(c2ccc(OCCCO)cc2)=N1. The van der Waals surface area contributed by atoms with Crippen molar-refractivity contribution in [2.75, 3.05) is 40.1 Å². The molecule has 1 heterocycles. The van der Waals surface area contributed by atoms with Gasteiger partial charge in [0.25, 0.3) is 5.91 Å². The number of benzene rings is 2. The number of nitrogens with zero attached hydrogens (tertiary/aromatic N) is 4. The summed E-state index contributed by atoms with van der Waals surface area (Å²) in [4.78, 5) is 21.0. The minimum atomic E-state index is -1.16. The number of aliphatic imine (C=N–C) groups is 1. The monoisotopic (exact) mass is 481 g/mol. The zero-order valence-electron chi connectivity index (χ0n) is 19.9. The fraction of sp³-hybridized carbons (Fsp3) is 0.440. The molecule has 0 saturated carbocycles. The second-order valence-electron chi connectivity index (χ2n) is 8.12. The Kier molecular flexibility index (Phi) is 9.92. The summed E-state index contributed by atoms with van der Waals surface area (Å²) in [5, 5.41) is 15.6. The van der Waals surface area contributed by atoms with Crippen molar-refractivity contribution in [1.29, 1.82) is 0 Å². The number of rotatable bonds is 14. The molecule has 2 aromatic carbocycles. The number of hydrogen-bond donors (Lipinski definition) is 2. The van der Waals surface area contributed by atoms with Crippen molar-refractivity contribution in [2.45, 2.75) is 31.3 Å². The van der Waals surface area contributed by atoms with Crippen LogP contribution in [0, 0.1) is 0 Å². The molecular weight excluding hydrogens is 450 g/mol. The van der Waals surface area contributed by atoms with Crippen LogP contribution in [0.1, 0.15) is 29.5 Å². The van der Waals surface area contributed by atoms with E-state index in [2.05, 4.69) is 15.3 Å². The number of aliphatic hydroxyl groups excluding tert-OH is 1. The van der Waals surface area contributed by atoms with E-state index in [1.165, 1.54) is 0 Å². The fourth-order valence-corrected chi connectivity index (χ4v) is 3.72. The van der Waals surface area contributed by atoms with Crippen LogP contribution >= 0.6 is 0 Å². The second-order valence-corrected chi connectivity index (χ2v) is 8.12. The molecule has 0 saturated heterocycles. The minimum absolute atomic E-state index is 0.0737. The Morgan fingerprint density at radius 3 is 2.69 bits per heavy atom. The number of carbonyl (C=O) groups excluding carboxylic acids is 1. The molecule has 0 bridgehead atoms. The van der Waals surface area contributed by atoms with Crippen LogP contribution in [0.2, 0.25) is 0 Å². The number of hydrogen-bond acceptors (Lipinski definition) is 7. The Bertz CT molecular complexity index is 1050. The molecule has 0 radical (unpaired) electrons. The van der Waals surface area contributed by atoms with Gasteiger partial charge in [0.2, 0.25) is 5.90 Å². The Morgan fingerprint density at radius 2 is 1.97 bits per heavy atom. The maximum absolute atomic E-state index is 13.4. The lowest BCUT2D eigenvalue weighted by atomic mass is 9.89. The Labute approximate surface area is 204 Å². The molecule has 2 aromatic rings. The number of azide groups is 1. The molecule has 1 atom stereocenters. The first-order valence-corrected chi connectivity index (χ1v) is 11.5. The van der Waals surface area contributed by atoms with E-state index < -0.39 is 5.54 Å². The van der Waals surface area contributed by atoms with Gasteiger partial charge in [0.15, 0.2) is 5.54 Å². The molecule has 1 aliphatic heterocycles. The predicted octanol–water partition coefficient (Wildman–Crippen LogP) is 3.17. The van der Waals surface area contributed by atoms with Crippen molar-refractivity contribution in [3.63, 3.8) is 0 Å². The van der Waals surface area contributed by atoms with Gasteiger partial charge in [0.1, 0.15) is 12.4 Å². The van der Waals surface area contributed by atoms with Gasteiger partial charge in [0, 0.05) is 50.2 Å². The van der Waals surface area contributed by atoms with E-state index in [-0.39, 0.29) is 25.7 Å². The van der Waals surface area contributed by atoms with Gasteiger partial charge in [-0.1, -0.05) is 29.4 Å². The maximum Gasteiger partial charge on any atom is 0.251 e. The average Bonchev–Trinajstić information content (AvgIpc) is 3.32. The van der Waals surface area contributed by atoms with Crippen LogP contribution in [-0.2, 0) is 27.2 Å². The van der Waals surface area contributed by atoms with Gasteiger partial charge < -0.3 is 24.6 Å². The molecule has 0 aromatic heterocycles. The van der Waals surface area contributed by atoms with E-state index in [1.807, 2.05) is 36.4 Å². The Hall–Kier alpha value is -3.59. The van der Waals surface area contributed by atoms with Gasteiger partial charge >= 0.3 is 0 Å². The third kappa shape index (κ3) is 7.19. The van der Waals surface area contributed by atoms with E-state index >= 15 is 0 Å². The van der Waals surface area contributed by atoms with Crippen LogP contribution in [0.25, 0.3) is 10.4 Å².